The quantitative estimate of drug-likeness (QED) is 0.740. The van der Waals surface area contributed by atoms with Crippen LogP contribution in [0.1, 0.15) is 68.0 Å². The SMILES string of the molecule is Cc1nc2sc3c(c2c2nc(CNC4CCCCC4)nn12)CC(C)(C)OC3. The van der Waals surface area contributed by atoms with Gasteiger partial charge in [-0.1, -0.05) is 19.3 Å². The van der Waals surface area contributed by atoms with Crippen molar-refractivity contribution in [1.29, 1.82) is 0 Å². The van der Waals surface area contributed by atoms with Gasteiger partial charge in [-0.3, -0.25) is 0 Å². The highest BCUT2D eigenvalue weighted by atomic mass is 32.1. The average molecular weight is 386 g/mol. The van der Waals surface area contributed by atoms with Gasteiger partial charge in [-0.15, -0.1) is 16.4 Å². The number of aryl methyl sites for hydroxylation is 1. The Hall–Kier alpha value is -1.57. The second-order valence-electron chi connectivity index (χ2n) is 8.55. The van der Waals surface area contributed by atoms with Crippen LogP contribution in [0.5, 0.6) is 0 Å². The molecule has 3 aromatic heterocycles. The number of hydrogen-bond acceptors (Lipinski definition) is 6. The molecule has 4 heterocycles. The molecular formula is C20H27N5OS. The van der Waals surface area contributed by atoms with Crippen molar-refractivity contribution in [2.75, 3.05) is 0 Å². The highest BCUT2D eigenvalue weighted by Crippen LogP contribution is 2.39. The Morgan fingerprint density at radius 2 is 2.04 bits per heavy atom. The van der Waals surface area contributed by atoms with Gasteiger partial charge in [0.1, 0.15) is 10.7 Å². The molecule has 0 radical (unpaired) electrons. The standard InChI is InChI=1S/C20H27N5OS/c1-12-22-19-17(14-9-20(2,3)26-11-15(14)27-19)18-23-16(24-25(12)18)10-21-13-7-5-4-6-8-13/h13,21H,4-11H2,1-3H3. The predicted octanol–water partition coefficient (Wildman–Crippen LogP) is 3.92. The third-order valence-electron chi connectivity index (χ3n) is 5.87. The van der Waals surface area contributed by atoms with Crippen molar-refractivity contribution in [2.45, 2.75) is 84.1 Å². The molecule has 7 heteroatoms. The van der Waals surface area contributed by atoms with Crippen molar-refractivity contribution in [3.63, 3.8) is 0 Å². The van der Waals surface area contributed by atoms with Crippen LogP contribution >= 0.6 is 11.3 Å². The molecule has 0 bridgehead atoms. The van der Waals surface area contributed by atoms with Crippen molar-refractivity contribution in [2.24, 2.45) is 0 Å². The fraction of sp³-hybridized carbons (Fsp3) is 0.650. The lowest BCUT2D eigenvalue weighted by Crippen LogP contribution is -2.31. The molecule has 1 N–H and O–H groups in total. The summed E-state index contributed by atoms with van der Waals surface area (Å²) < 4.78 is 7.93. The summed E-state index contributed by atoms with van der Waals surface area (Å²) in [6, 6.07) is 0.608. The van der Waals surface area contributed by atoms with Crippen molar-refractivity contribution in [3.8, 4) is 0 Å². The molecule has 3 aromatic rings. The minimum atomic E-state index is -0.145. The molecule has 0 aromatic carbocycles. The van der Waals surface area contributed by atoms with E-state index in [1.165, 1.54) is 47.9 Å². The Balaban J connectivity index is 1.54. The summed E-state index contributed by atoms with van der Waals surface area (Å²) in [6.07, 6.45) is 7.47. The summed E-state index contributed by atoms with van der Waals surface area (Å²) >= 11 is 1.74. The number of fused-ring (bicyclic) bond motifs is 5. The summed E-state index contributed by atoms with van der Waals surface area (Å²) in [4.78, 5) is 12.1. The topological polar surface area (TPSA) is 64.3 Å². The largest absolute Gasteiger partial charge is 0.370 e. The first-order valence-electron chi connectivity index (χ1n) is 10.0. The molecule has 5 rings (SSSR count). The lowest BCUT2D eigenvalue weighted by Gasteiger charge is -2.30. The third-order valence-corrected chi connectivity index (χ3v) is 6.97. The van der Waals surface area contributed by atoms with Crippen molar-refractivity contribution < 1.29 is 4.74 Å². The van der Waals surface area contributed by atoms with Gasteiger partial charge in [0, 0.05) is 17.3 Å². The van der Waals surface area contributed by atoms with Gasteiger partial charge in [0.05, 0.1) is 24.1 Å². The molecule has 27 heavy (non-hydrogen) atoms. The Bertz CT molecular complexity index is 999. The number of thiophene rings is 1. The van der Waals surface area contributed by atoms with Gasteiger partial charge < -0.3 is 10.1 Å². The first-order valence-corrected chi connectivity index (χ1v) is 10.9. The lowest BCUT2D eigenvalue weighted by molar-refractivity contribution is -0.0379. The van der Waals surface area contributed by atoms with Crippen LogP contribution in [0.15, 0.2) is 0 Å². The van der Waals surface area contributed by atoms with Gasteiger partial charge in [-0.2, -0.15) is 4.52 Å². The van der Waals surface area contributed by atoms with Crippen LogP contribution in [0, 0.1) is 6.92 Å². The van der Waals surface area contributed by atoms with Gasteiger partial charge in [0.15, 0.2) is 11.5 Å². The Morgan fingerprint density at radius 3 is 2.85 bits per heavy atom. The summed E-state index contributed by atoms with van der Waals surface area (Å²) in [6.45, 7) is 7.72. The van der Waals surface area contributed by atoms with Gasteiger partial charge in [-0.05, 0) is 39.2 Å². The molecule has 1 aliphatic carbocycles. The molecule has 2 aliphatic rings. The van der Waals surface area contributed by atoms with Gasteiger partial charge in [-0.25, -0.2) is 9.97 Å². The van der Waals surface area contributed by atoms with Gasteiger partial charge in [0.25, 0.3) is 0 Å². The zero-order valence-electron chi connectivity index (χ0n) is 16.3. The molecule has 0 unspecified atom stereocenters. The molecular weight excluding hydrogens is 358 g/mol. The van der Waals surface area contributed by atoms with E-state index in [0.717, 1.165) is 35.1 Å². The van der Waals surface area contributed by atoms with Crippen molar-refractivity contribution >= 4 is 27.2 Å². The summed E-state index contributed by atoms with van der Waals surface area (Å²) in [7, 11) is 0. The van der Waals surface area contributed by atoms with Crippen LogP contribution in [0.25, 0.3) is 15.9 Å². The number of aromatic nitrogens is 4. The Labute approximate surface area is 163 Å². The fourth-order valence-electron chi connectivity index (χ4n) is 4.40. The van der Waals surface area contributed by atoms with Crippen LogP contribution in [-0.2, 0) is 24.3 Å². The number of hydrogen-bond donors (Lipinski definition) is 1. The molecule has 0 spiro atoms. The van der Waals surface area contributed by atoms with E-state index in [9.17, 15) is 0 Å². The summed E-state index contributed by atoms with van der Waals surface area (Å²) in [5.41, 5.74) is 2.16. The monoisotopic (exact) mass is 385 g/mol. The maximum absolute atomic E-state index is 6.00. The smallest absolute Gasteiger partial charge is 0.168 e. The minimum Gasteiger partial charge on any atom is -0.370 e. The molecule has 6 nitrogen and oxygen atoms in total. The normalized spacial score (nSPS) is 20.4. The molecule has 0 amide bonds. The van der Waals surface area contributed by atoms with E-state index < -0.39 is 0 Å². The minimum absolute atomic E-state index is 0.145. The van der Waals surface area contributed by atoms with Gasteiger partial charge >= 0.3 is 0 Å². The lowest BCUT2D eigenvalue weighted by atomic mass is 9.94. The maximum Gasteiger partial charge on any atom is 0.168 e. The molecule has 1 aliphatic heterocycles. The number of nitrogens with zero attached hydrogens (tertiary/aromatic N) is 4. The van der Waals surface area contributed by atoms with E-state index in [1.54, 1.807) is 11.3 Å². The molecule has 1 saturated carbocycles. The van der Waals surface area contributed by atoms with E-state index in [1.807, 2.05) is 11.4 Å². The zero-order chi connectivity index (χ0) is 18.6. The summed E-state index contributed by atoms with van der Waals surface area (Å²) in [5.74, 6) is 1.76. The Morgan fingerprint density at radius 1 is 1.22 bits per heavy atom. The van der Waals surface area contributed by atoms with E-state index in [-0.39, 0.29) is 5.60 Å². The first-order chi connectivity index (χ1) is 13.0. The zero-order valence-corrected chi connectivity index (χ0v) is 17.2. The molecule has 0 atom stereocenters. The van der Waals surface area contributed by atoms with E-state index >= 15 is 0 Å². The summed E-state index contributed by atoms with van der Waals surface area (Å²) in [5, 5.41) is 9.60. The number of ether oxygens (including phenoxy) is 1. The van der Waals surface area contributed by atoms with Crippen LogP contribution in [0.4, 0.5) is 0 Å². The number of nitrogens with one attached hydrogen (secondary N) is 1. The van der Waals surface area contributed by atoms with Crippen molar-refractivity contribution in [3.05, 3.63) is 22.1 Å². The van der Waals surface area contributed by atoms with E-state index in [0.29, 0.717) is 12.6 Å². The molecule has 144 valence electrons. The Kier molecular flexibility index (Phi) is 4.22. The highest BCUT2D eigenvalue weighted by molar-refractivity contribution is 7.19. The van der Waals surface area contributed by atoms with Crippen molar-refractivity contribution in [1.82, 2.24) is 24.9 Å². The fourth-order valence-corrected chi connectivity index (χ4v) is 5.55. The second kappa shape index (κ2) is 6.50. The number of rotatable bonds is 3. The first kappa shape index (κ1) is 17.5. The van der Waals surface area contributed by atoms with Crippen LogP contribution in [0.2, 0.25) is 0 Å². The third kappa shape index (κ3) is 3.15. The highest BCUT2D eigenvalue weighted by Gasteiger charge is 2.31. The van der Waals surface area contributed by atoms with Crippen LogP contribution < -0.4 is 5.32 Å². The van der Waals surface area contributed by atoms with Gasteiger partial charge in [0.2, 0.25) is 0 Å². The second-order valence-corrected chi connectivity index (χ2v) is 9.63. The van der Waals surface area contributed by atoms with Crippen LogP contribution in [-0.4, -0.2) is 31.2 Å². The average Bonchev–Trinajstić information content (AvgIpc) is 3.21. The van der Waals surface area contributed by atoms with Crippen LogP contribution in [0.3, 0.4) is 0 Å². The predicted molar refractivity (Wildman–Crippen MR) is 107 cm³/mol. The van der Waals surface area contributed by atoms with E-state index in [2.05, 4.69) is 19.2 Å². The molecule has 1 fully saturated rings. The molecule has 0 saturated heterocycles. The maximum atomic E-state index is 6.00. The van der Waals surface area contributed by atoms with E-state index in [4.69, 9.17) is 19.8 Å².